The highest BCUT2D eigenvalue weighted by atomic mass is 16.4. The van der Waals surface area contributed by atoms with Crippen molar-refractivity contribution in [2.45, 2.75) is 6.42 Å². The van der Waals surface area contributed by atoms with E-state index >= 15 is 0 Å². The average Bonchev–Trinajstić information content (AvgIpc) is 2.18. The standard InChI is InChI=1S/C11H10O3/c12-7-6-10(11(13)14)8-9-4-2-1-3-5-9/h1-5,7-8H,6H2,(H,13,14). The summed E-state index contributed by atoms with van der Waals surface area (Å²) in [6.45, 7) is 0. The van der Waals surface area contributed by atoms with Gasteiger partial charge in [0.05, 0.1) is 0 Å². The minimum absolute atomic E-state index is 0.0653. The van der Waals surface area contributed by atoms with Crippen LogP contribution >= 0.6 is 0 Å². The molecule has 0 saturated heterocycles. The third kappa shape index (κ3) is 2.86. The number of benzene rings is 1. The van der Waals surface area contributed by atoms with Crippen molar-refractivity contribution in [2.75, 3.05) is 0 Å². The molecule has 1 N–H and O–H groups in total. The SMILES string of the molecule is O=CCC(=Cc1ccccc1)C(=O)O. The van der Waals surface area contributed by atoms with Gasteiger partial charge in [-0.2, -0.15) is 0 Å². The Morgan fingerprint density at radius 2 is 1.93 bits per heavy atom. The van der Waals surface area contributed by atoms with Crippen molar-refractivity contribution in [3.8, 4) is 0 Å². The van der Waals surface area contributed by atoms with Crippen LogP contribution < -0.4 is 0 Å². The lowest BCUT2D eigenvalue weighted by Gasteiger charge is -1.96. The zero-order chi connectivity index (χ0) is 10.4. The zero-order valence-electron chi connectivity index (χ0n) is 7.51. The van der Waals surface area contributed by atoms with Crippen LogP contribution in [0.25, 0.3) is 6.08 Å². The van der Waals surface area contributed by atoms with E-state index in [0.29, 0.717) is 6.29 Å². The Morgan fingerprint density at radius 1 is 1.29 bits per heavy atom. The van der Waals surface area contributed by atoms with E-state index in [4.69, 9.17) is 5.11 Å². The number of aldehydes is 1. The van der Waals surface area contributed by atoms with Crippen LogP contribution in [0.15, 0.2) is 35.9 Å². The van der Waals surface area contributed by atoms with Crippen molar-refractivity contribution in [3.05, 3.63) is 41.5 Å². The molecule has 0 aliphatic rings. The van der Waals surface area contributed by atoms with E-state index in [1.165, 1.54) is 6.08 Å². The maximum Gasteiger partial charge on any atom is 0.332 e. The Hall–Kier alpha value is -1.90. The first-order valence-electron chi connectivity index (χ1n) is 4.16. The fraction of sp³-hybridized carbons (Fsp3) is 0.0909. The Labute approximate surface area is 81.7 Å². The number of carbonyl (C=O) groups excluding carboxylic acids is 1. The lowest BCUT2D eigenvalue weighted by Crippen LogP contribution is -2.00. The molecule has 0 atom stereocenters. The third-order valence-electron chi connectivity index (χ3n) is 1.72. The Morgan fingerprint density at radius 3 is 2.43 bits per heavy atom. The second kappa shape index (κ2) is 4.97. The molecule has 1 aromatic carbocycles. The Bertz CT molecular complexity index is 352. The summed E-state index contributed by atoms with van der Waals surface area (Å²) in [6, 6.07) is 9.04. The summed E-state index contributed by atoms with van der Waals surface area (Å²) >= 11 is 0. The van der Waals surface area contributed by atoms with Crippen LogP contribution in [-0.2, 0) is 9.59 Å². The predicted octanol–water partition coefficient (Wildman–Crippen LogP) is 1.74. The topological polar surface area (TPSA) is 54.4 Å². The maximum atomic E-state index is 10.7. The van der Waals surface area contributed by atoms with E-state index in [2.05, 4.69) is 0 Å². The molecule has 14 heavy (non-hydrogen) atoms. The van der Waals surface area contributed by atoms with Crippen LogP contribution in [0.2, 0.25) is 0 Å². The van der Waals surface area contributed by atoms with Gasteiger partial charge in [0.15, 0.2) is 0 Å². The molecule has 0 amide bonds. The van der Waals surface area contributed by atoms with Gasteiger partial charge in [0.1, 0.15) is 6.29 Å². The fourth-order valence-corrected chi connectivity index (χ4v) is 1.05. The molecule has 0 heterocycles. The van der Waals surface area contributed by atoms with Crippen molar-refractivity contribution in [1.29, 1.82) is 0 Å². The molecule has 0 radical (unpaired) electrons. The van der Waals surface area contributed by atoms with Crippen LogP contribution in [0.5, 0.6) is 0 Å². The van der Waals surface area contributed by atoms with Gasteiger partial charge < -0.3 is 9.90 Å². The smallest absolute Gasteiger partial charge is 0.332 e. The Balaban J connectivity index is 2.93. The number of aliphatic carboxylic acids is 1. The van der Waals surface area contributed by atoms with Crippen LogP contribution in [0, 0.1) is 0 Å². The Kier molecular flexibility index (Phi) is 3.61. The summed E-state index contributed by atoms with van der Waals surface area (Å²) in [5, 5.41) is 8.74. The molecule has 0 aromatic heterocycles. The normalized spacial score (nSPS) is 11.0. The minimum Gasteiger partial charge on any atom is -0.478 e. The molecular formula is C11H10O3. The van der Waals surface area contributed by atoms with Crippen molar-refractivity contribution in [3.63, 3.8) is 0 Å². The fourth-order valence-electron chi connectivity index (χ4n) is 1.05. The second-order valence-corrected chi connectivity index (χ2v) is 2.76. The molecular weight excluding hydrogens is 180 g/mol. The lowest BCUT2D eigenvalue weighted by molar-refractivity contribution is -0.133. The quantitative estimate of drug-likeness (QED) is 0.581. The predicted molar refractivity (Wildman–Crippen MR) is 52.7 cm³/mol. The van der Waals surface area contributed by atoms with Gasteiger partial charge in [0, 0.05) is 12.0 Å². The molecule has 0 aliphatic carbocycles. The van der Waals surface area contributed by atoms with E-state index < -0.39 is 5.97 Å². The molecule has 0 bridgehead atoms. The van der Waals surface area contributed by atoms with Crippen molar-refractivity contribution >= 4 is 18.3 Å². The number of carboxylic acid groups (broad SMARTS) is 1. The van der Waals surface area contributed by atoms with Crippen molar-refractivity contribution in [2.24, 2.45) is 0 Å². The molecule has 3 heteroatoms. The molecule has 0 aliphatic heterocycles. The summed E-state index contributed by atoms with van der Waals surface area (Å²) < 4.78 is 0. The summed E-state index contributed by atoms with van der Waals surface area (Å²) in [5.74, 6) is -1.05. The van der Waals surface area contributed by atoms with Gasteiger partial charge in [-0.3, -0.25) is 0 Å². The summed E-state index contributed by atoms with van der Waals surface area (Å²) in [5.41, 5.74) is 0.887. The van der Waals surface area contributed by atoms with Gasteiger partial charge in [-0.15, -0.1) is 0 Å². The van der Waals surface area contributed by atoms with Crippen LogP contribution in [0.1, 0.15) is 12.0 Å². The first-order valence-corrected chi connectivity index (χ1v) is 4.16. The first-order chi connectivity index (χ1) is 6.74. The number of hydrogen-bond acceptors (Lipinski definition) is 2. The minimum atomic E-state index is -1.05. The molecule has 72 valence electrons. The summed E-state index contributed by atoms with van der Waals surface area (Å²) in [4.78, 5) is 20.9. The van der Waals surface area contributed by atoms with Crippen molar-refractivity contribution in [1.82, 2.24) is 0 Å². The van der Waals surface area contributed by atoms with Gasteiger partial charge in [-0.1, -0.05) is 30.3 Å². The van der Waals surface area contributed by atoms with Crippen molar-refractivity contribution < 1.29 is 14.7 Å². The summed E-state index contributed by atoms with van der Waals surface area (Å²) in [6.07, 6.45) is 2.02. The number of hydrogen-bond donors (Lipinski definition) is 1. The number of carbonyl (C=O) groups is 2. The first kappa shape index (κ1) is 10.2. The maximum absolute atomic E-state index is 10.7. The summed E-state index contributed by atoms with van der Waals surface area (Å²) in [7, 11) is 0. The molecule has 1 rings (SSSR count). The van der Waals surface area contributed by atoms with Gasteiger partial charge in [-0.25, -0.2) is 4.79 Å². The average molecular weight is 190 g/mol. The highest BCUT2D eigenvalue weighted by molar-refractivity contribution is 5.94. The molecule has 1 aromatic rings. The van der Waals surface area contributed by atoms with Gasteiger partial charge >= 0.3 is 5.97 Å². The van der Waals surface area contributed by atoms with Gasteiger partial charge in [0.2, 0.25) is 0 Å². The molecule has 3 nitrogen and oxygen atoms in total. The monoisotopic (exact) mass is 190 g/mol. The molecule has 0 spiro atoms. The van der Waals surface area contributed by atoms with Crippen LogP contribution in [0.4, 0.5) is 0 Å². The highest BCUT2D eigenvalue weighted by Gasteiger charge is 2.05. The highest BCUT2D eigenvalue weighted by Crippen LogP contribution is 2.08. The third-order valence-corrected chi connectivity index (χ3v) is 1.72. The van der Waals surface area contributed by atoms with E-state index in [1.54, 1.807) is 12.1 Å². The van der Waals surface area contributed by atoms with E-state index in [1.807, 2.05) is 18.2 Å². The van der Waals surface area contributed by atoms with E-state index in [0.717, 1.165) is 5.56 Å². The number of carboxylic acids is 1. The molecule has 0 saturated carbocycles. The van der Waals surface area contributed by atoms with Gasteiger partial charge in [0.25, 0.3) is 0 Å². The number of rotatable bonds is 4. The molecule has 0 unspecified atom stereocenters. The second-order valence-electron chi connectivity index (χ2n) is 2.76. The van der Waals surface area contributed by atoms with E-state index in [9.17, 15) is 9.59 Å². The van der Waals surface area contributed by atoms with Crippen LogP contribution in [-0.4, -0.2) is 17.4 Å². The van der Waals surface area contributed by atoms with E-state index in [-0.39, 0.29) is 12.0 Å². The zero-order valence-corrected chi connectivity index (χ0v) is 7.51. The molecule has 0 fully saturated rings. The van der Waals surface area contributed by atoms with Gasteiger partial charge in [-0.05, 0) is 11.6 Å². The lowest BCUT2D eigenvalue weighted by atomic mass is 10.1. The largest absolute Gasteiger partial charge is 0.478 e. The van der Waals surface area contributed by atoms with Crippen LogP contribution in [0.3, 0.4) is 0 Å².